The van der Waals surface area contributed by atoms with Gasteiger partial charge in [-0.05, 0) is 37.3 Å². The second-order valence-electron chi connectivity index (χ2n) is 6.32. The van der Waals surface area contributed by atoms with Crippen molar-refractivity contribution >= 4 is 22.4 Å². The average Bonchev–Trinajstić information content (AvgIpc) is 3.40. The van der Waals surface area contributed by atoms with E-state index in [4.69, 9.17) is 9.47 Å². The van der Waals surface area contributed by atoms with Crippen LogP contribution in [-0.4, -0.2) is 40.1 Å². The molecule has 30 heavy (non-hydrogen) atoms. The largest absolute Gasteiger partial charge is 0.497 e. The standard InChI is InChI=1S/C21H19N5O3S/c1-13-19(25-26(24-13)14-7-5-4-6-8-14)20(27)23-21-22-17(12-30-21)16-11-15(28-2)9-10-18(16)29-3/h4-12H,1-3H3,(H,22,23,27). The smallest absolute Gasteiger partial charge is 0.279 e. The first kappa shape index (κ1) is 19.6. The third kappa shape index (κ3) is 3.87. The van der Waals surface area contributed by atoms with Crippen molar-refractivity contribution in [3.8, 4) is 28.4 Å². The summed E-state index contributed by atoms with van der Waals surface area (Å²) in [6, 6.07) is 14.9. The van der Waals surface area contributed by atoms with E-state index >= 15 is 0 Å². The van der Waals surface area contributed by atoms with Crippen molar-refractivity contribution in [2.24, 2.45) is 0 Å². The summed E-state index contributed by atoms with van der Waals surface area (Å²) in [6.45, 7) is 1.75. The molecular weight excluding hydrogens is 402 g/mol. The minimum absolute atomic E-state index is 0.245. The average molecular weight is 421 g/mol. The number of anilines is 1. The van der Waals surface area contributed by atoms with Gasteiger partial charge in [0.15, 0.2) is 10.8 Å². The Kier molecular flexibility index (Phi) is 5.44. The first-order valence-corrected chi connectivity index (χ1v) is 9.95. The van der Waals surface area contributed by atoms with Gasteiger partial charge in [-0.15, -0.1) is 16.4 Å². The molecule has 0 saturated carbocycles. The molecule has 0 fully saturated rings. The minimum atomic E-state index is -0.367. The van der Waals surface area contributed by atoms with Gasteiger partial charge in [-0.1, -0.05) is 18.2 Å². The van der Waals surface area contributed by atoms with Gasteiger partial charge in [-0.2, -0.15) is 9.90 Å². The molecule has 0 bridgehead atoms. The number of para-hydroxylation sites is 1. The number of amides is 1. The summed E-state index contributed by atoms with van der Waals surface area (Å²) in [4.78, 5) is 18.7. The first-order valence-electron chi connectivity index (χ1n) is 9.07. The molecule has 152 valence electrons. The summed E-state index contributed by atoms with van der Waals surface area (Å²) in [5.41, 5.74) is 3.01. The quantitative estimate of drug-likeness (QED) is 0.507. The second kappa shape index (κ2) is 8.34. The van der Waals surface area contributed by atoms with Crippen molar-refractivity contribution in [1.82, 2.24) is 20.0 Å². The molecule has 1 amide bonds. The predicted octanol–water partition coefficient (Wildman–Crippen LogP) is 3.97. The molecule has 0 saturated heterocycles. The van der Waals surface area contributed by atoms with Crippen molar-refractivity contribution in [2.75, 3.05) is 19.5 Å². The van der Waals surface area contributed by atoms with Gasteiger partial charge >= 0.3 is 0 Å². The fourth-order valence-electron chi connectivity index (χ4n) is 2.89. The van der Waals surface area contributed by atoms with Crippen molar-refractivity contribution in [3.05, 3.63) is 65.3 Å². The van der Waals surface area contributed by atoms with Crippen molar-refractivity contribution < 1.29 is 14.3 Å². The van der Waals surface area contributed by atoms with Gasteiger partial charge in [0.05, 0.1) is 31.3 Å². The Morgan fingerprint density at radius 1 is 1.07 bits per heavy atom. The Hall–Kier alpha value is -3.72. The molecular formula is C21H19N5O3S. The number of rotatable bonds is 6. The van der Waals surface area contributed by atoms with E-state index < -0.39 is 0 Å². The molecule has 0 radical (unpaired) electrons. The zero-order valence-electron chi connectivity index (χ0n) is 16.6. The van der Waals surface area contributed by atoms with Gasteiger partial charge < -0.3 is 9.47 Å². The Bertz CT molecular complexity index is 1190. The van der Waals surface area contributed by atoms with Gasteiger partial charge in [-0.3, -0.25) is 10.1 Å². The molecule has 1 N–H and O–H groups in total. The van der Waals surface area contributed by atoms with Crippen LogP contribution in [0.1, 0.15) is 16.2 Å². The molecule has 0 unspecified atom stereocenters. The van der Waals surface area contributed by atoms with Gasteiger partial charge in [0.1, 0.15) is 11.5 Å². The Morgan fingerprint density at radius 3 is 2.60 bits per heavy atom. The van der Waals surface area contributed by atoms with E-state index in [0.29, 0.717) is 28.0 Å². The summed E-state index contributed by atoms with van der Waals surface area (Å²) < 4.78 is 10.7. The fraction of sp³-hybridized carbons (Fsp3) is 0.143. The second-order valence-corrected chi connectivity index (χ2v) is 7.18. The normalized spacial score (nSPS) is 10.6. The zero-order valence-corrected chi connectivity index (χ0v) is 17.4. The Labute approximate surface area is 177 Å². The molecule has 0 aliphatic rings. The SMILES string of the molecule is COc1ccc(OC)c(-c2csc(NC(=O)c3nn(-c4ccccc4)nc3C)n2)c1. The van der Waals surface area contributed by atoms with Crippen LogP contribution in [0.5, 0.6) is 11.5 Å². The summed E-state index contributed by atoms with van der Waals surface area (Å²) >= 11 is 1.31. The molecule has 2 aromatic heterocycles. The predicted molar refractivity (Wildman–Crippen MR) is 115 cm³/mol. The number of carbonyl (C=O) groups excluding carboxylic acids is 1. The maximum Gasteiger partial charge on any atom is 0.279 e. The number of nitrogens with zero attached hydrogens (tertiary/aromatic N) is 4. The topological polar surface area (TPSA) is 91.2 Å². The highest BCUT2D eigenvalue weighted by Crippen LogP contribution is 2.35. The van der Waals surface area contributed by atoms with Crippen LogP contribution in [0.25, 0.3) is 16.9 Å². The molecule has 2 heterocycles. The number of thiazole rings is 1. The number of hydrogen-bond donors (Lipinski definition) is 1. The summed E-state index contributed by atoms with van der Waals surface area (Å²) in [7, 11) is 3.20. The number of methoxy groups -OCH3 is 2. The van der Waals surface area contributed by atoms with Crippen molar-refractivity contribution in [1.29, 1.82) is 0 Å². The zero-order chi connectivity index (χ0) is 21.1. The van der Waals surface area contributed by atoms with Gasteiger partial charge in [0.25, 0.3) is 5.91 Å². The van der Waals surface area contributed by atoms with Crippen molar-refractivity contribution in [2.45, 2.75) is 6.92 Å². The maximum absolute atomic E-state index is 12.7. The summed E-state index contributed by atoms with van der Waals surface area (Å²) in [6.07, 6.45) is 0. The highest BCUT2D eigenvalue weighted by molar-refractivity contribution is 7.14. The fourth-order valence-corrected chi connectivity index (χ4v) is 3.60. The van der Waals surface area contributed by atoms with Crippen LogP contribution in [0.3, 0.4) is 0 Å². The monoisotopic (exact) mass is 421 g/mol. The Morgan fingerprint density at radius 2 is 1.87 bits per heavy atom. The number of hydrogen-bond acceptors (Lipinski definition) is 7. The van der Waals surface area contributed by atoms with Crippen LogP contribution < -0.4 is 14.8 Å². The molecule has 4 rings (SSSR count). The maximum atomic E-state index is 12.7. The van der Waals surface area contributed by atoms with Crippen LogP contribution in [-0.2, 0) is 0 Å². The molecule has 0 atom stereocenters. The molecule has 4 aromatic rings. The van der Waals surface area contributed by atoms with Crippen molar-refractivity contribution in [3.63, 3.8) is 0 Å². The van der Waals surface area contributed by atoms with Gasteiger partial charge in [0, 0.05) is 10.9 Å². The van der Waals surface area contributed by atoms with E-state index in [0.717, 1.165) is 11.3 Å². The molecule has 9 heteroatoms. The van der Waals surface area contributed by atoms with E-state index in [-0.39, 0.29) is 11.6 Å². The van der Waals surface area contributed by atoms with E-state index in [1.807, 2.05) is 53.9 Å². The number of ether oxygens (including phenoxy) is 2. The minimum Gasteiger partial charge on any atom is -0.497 e. The van der Waals surface area contributed by atoms with E-state index in [1.54, 1.807) is 21.1 Å². The van der Waals surface area contributed by atoms with Crippen LogP contribution in [0.2, 0.25) is 0 Å². The molecule has 8 nitrogen and oxygen atoms in total. The lowest BCUT2D eigenvalue weighted by Gasteiger charge is -2.08. The highest BCUT2D eigenvalue weighted by atomic mass is 32.1. The van der Waals surface area contributed by atoms with E-state index in [9.17, 15) is 4.79 Å². The molecule has 0 aliphatic heterocycles. The first-order chi connectivity index (χ1) is 14.6. The van der Waals surface area contributed by atoms with Gasteiger partial charge in [-0.25, -0.2) is 4.98 Å². The van der Waals surface area contributed by atoms with E-state index in [2.05, 4.69) is 20.5 Å². The highest BCUT2D eigenvalue weighted by Gasteiger charge is 2.19. The van der Waals surface area contributed by atoms with Crippen LogP contribution in [0, 0.1) is 6.92 Å². The number of benzene rings is 2. The number of aromatic nitrogens is 4. The lowest BCUT2D eigenvalue weighted by molar-refractivity contribution is 0.102. The third-order valence-corrected chi connectivity index (χ3v) is 5.15. The third-order valence-electron chi connectivity index (χ3n) is 4.39. The van der Waals surface area contributed by atoms with Crippen LogP contribution >= 0.6 is 11.3 Å². The van der Waals surface area contributed by atoms with Crippen LogP contribution in [0.15, 0.2) is 53.9 Å². The van der Waals surface area contributed by atoms with E-state index in [1.165, 1.54) is 16.1 Å². The summed E-state index contributed by atoms with van der Waals surface area (Å²) in [5.74, 6) is 0.992. The van der Waals surface area contributed by atoms with Gasteiger partial charge in [0.2, 0.25) is 0 Å². The molecule has 0 spiro atoms. The number of carbonyl (C=O) groups is 1. The number of aryl methyl sites for hydroxylation is 1. The number of nitrogens with one attached hydrogen (secondary N) is 1. The summed E-state index contributed by atoms with van der Waals surface area (Å²) in [5, 5.41) is 13.8. The molecule has 0 aliphatic carbocycles. The molecule has 2 aromatic carbocycles. The lowest BCUT2D eigenvalue weighted by atomic mass is 10.1. The lowest BCUT2D eigenvalue weighted by Crippen LogP contribution is -2.14. The Balaban J connectivity index is 1.56. The van der Waals surface area contributed by atoms with Crippen LogP contribution in [0.4, 0.5) is 5.13 Å².